The molecule has 11 heavy (non-hydrogen) atoms. The summed E-state index contributed by atoms with van der Waals surface area (Å²) in [5.41, 5.74) is 0. The lowest BCUT2D eigenvalue weighted by molar-refractivity contribution is 0.111. The number of nitrogens with zero attached hydrogens (tertiary/aromatic N) is 3. The van der Waals surface area contributed by atoms with Crippen molar-refractivity contribution in [3.05, 3.63) is 11.1 Å². The number of methoxy groups -OCH3 is 1. The molecular weight excluding hydrogens is 170 g/mol. The smallest absolute Gasteiger partial charge is 0.321 e. The van der Waals surface area contributed by atoms with Crippen molar-refractivity contribution in [1.82, 2.24) is 15.0 Å². The lowest BCUT2D eigenvalue weighted by atomic mass is 10.7. The maximum Gasteiger partial charge on any atom is 0.321 e. The summed E-state index contributed by atoms with van der Waals surface area (Å²) >= 11 is 5.41. The summed E-state index contributed by atoms with van der Waals surface area (Å²) in [5, 5.41) is -0.0565. The maximum atomic E-state index is 10.2. The van der Waals surface area contributed by atoms with Crippen molar-refractivity contribution in [3.63, 3.8) is 0 Å². The van der Waals surface area contributed by atoms with Crippen LogP contribution in [0.5, 0.6) is 6.01 Å². The molecule has 0 aliphatic heterocycles. The van der Waals surface area contributed by atoms with E-state index in [-0.39, 0.29) is 17.1 Å². The van der Waals surface area contributed by atoms with Crippen molar-refractivity contribution in [2.24, 2.45) is 0 Å². The van der Waals surface area contributed by atoms with Crippen LogP contribution in [0, 0.1) is 0 Å². The topological polar surface area (TPSA) is 65.0 Å². The van der Waals surface area contributed by atoms with Crippen LogP contribution in [0.25, 0.3) is 0 Å². The molecule has 0 radical (unpaired) electrons. The molecule has 0 aromatic carbocycles. The predicted octanol–water partition coefficient (Wildman–Crippen LogP) is 0.346. The molecule has 0 amide bonds. The number of hydrogen-bond donors (Lipinski definition) is 0. The van der Waals surface area contributed by atoms with Crippen molar-refractivity contribution < 1.29 is 9.53 Å². The quantitative estimate of drug-likeness (QED) is 0.604. The van der Waals surface area contributed by atoms with Gasteiger partial charge in [-0.3, -0.25) is 4.79 Å². The van der Waals surface area contributed by atoms with Crippen molar-refractivity contribution in [2.45, 2.75) is 0 Å². The van der Waals surface area contributed by atoms with Crippen LogP contribution in [-0.2, 0) is 0 Å². The molecular formula is C5H4ClN3O2. The standard InChI is InChI=1S/C5H4ClN3O2/c1-11-5-8-3(2-10)7-4(6)9-5/h2H,1H3. The summed E-state index contributed by atoms with van der Waals surface area (Å²) in [4.78, 5) is 20.8. The molecule has 5 nitrogen and oxygen atoms in total. The average Bonchev–Trinajstić information content (AvgIpc) is 2.03. The molecule has 1 aromatic rings. The number of carbonyl (C=O) groups is 1. The molecule has 0 unspecified atom stereocenters. The number of halogens is 1. The zero-order valence-corrected chi connectivity index (χ0v) is 6.37. The summed E-state index contributed by atoms with van der Waals surface area (Å²) in [5.74, 6) is -0.0400. The van der Waals surface area contributed by atoms with Gasteiger partial charge < -0.3 is 4.74 Å². The molecule has 0 saturated heterocycles. The second-order valence-electron chi connectivity index (χ2n) is 1.57. The van der Waals surface area contributed by atoms with Crippen molar-refractivity contribution in [3.8, 4) is 6.01 Å². The third-order valence-electron chi connectivity index (χ3n) is 0.893. The van der Waals surface area contributed by atoms with Crippen LogP contribution in [0.15, 0.2) is 0 Å². The van der Waals surface area contributed by atoms with Gasteiger partial charge in [0.1, 0.15) is 0 Å². The minimum Gasteiger partial charge on any atom is -0.467 e. The zero-order valence-electron chi connectivity index (χ0n) is 5.61. The fourth-order valence-corrected chi connectivity index (χ4v) is 0.649. The summed E-state index contributed by atoms with van der Waals surface area (Å²) in [6.07, 6.45) is 0.468. The van der Waals surface area contributed by atoms with Crippen LogP contribution >= 0.6 is 11.6 Å². The van der Waals surface area contributed by atoms with E-state index in [0.717, 1.165) is 0 Å². The van der Waals surface area contributed by atoms with Crippen LogP contribution in [0.2, 0.25) is 5.28 Å². The summed E-state index contributed by atoms with van der Waals surface area (Å²) in [6.45, 7) is 0. The van der Waals surface area contributed by atoms with Crippen molar-refractivity contribution in [2.75, 3.05) is 7.11 Å². The van der Waals surface area contributed by atoms with Gasteiger partial charge in [-0.2, -0.15) is 15.0 Å². The fraction of sp³-hybridized carbons (Fsp3) is 0.200. The van der Waals surface area contributed by atoms with E-state index < -0.39 is 0 Å². The Morgan fingerprint density at radius 3 is 2.73 bits per heavy atom. The van der Waals surface area contributed by atoms with E-state index in [4.69, 9.17) is 11.6 Å². The van der Waals surface area contributed by atoms with Gasteiger partial charge in [-0.15, -0.1) is 0 Å². The highest BCUT2D eigenvalue weighted by molar-refractivity contribution is 6.28. The molecule has 0 saturated carbocycles. The Kier molecular flexibility index (Phi) is 2.32. The number of hydrogen-bond acceptors (Lipinski definition) is 5. The first-order valence-electron chi connectivity index (χ1n) is 2.67. The largest absolute Gasteiger partial charge is 0.467 e. The van der Waals surface area contributed by atoms with Gasteiger partial charge in [0.2, 0.25) is 11.1 Å². The van der Waals surface area contributed by atoms with Crippen LogP contribution in [0.1, 0.15) is 10.6 Å². The fourth-order valence-electron chi connectivity index (χ4n) is 0.490. The first-order chi connectivity index (χ1) is 5.26. The molecule has 0 aliphatic rings. The molecule has 0 atom stereocenters. The third-order valence-corrected chi connectivity index (χ3v) is 1.06. The Hall–Kier alpha value is -1.23. The van der Waals surface area contributed by atoms with Crippen LogP contribution in [0.3, 0.4) is 0 Å². The Morgan fingerprint density at radius 2 is 2.18 bits per heavy atom. The molecule has 0 bridgehead atoms. The minimum absolute atomic E-state index is 0.0344. The van der Waals surface area contributed by atoms with E-state index in [2.05, 4.69) is 19.7 Å². The van der Waals surface area contributed by atoms with Gasteiger partial charge in [0.15, 0.2) is 6.29 Å². The molecule has 0 spiro atoms. The minimum atomic E-state index is -0.0565. The summed E-state index contributed by atoms with van der Waals surface area (Å²) < 4.78 is 4.63. The highest BCUT2D eigenvalue weighted by atomic mass is 35.5. The second-order valence-corrected chi connectivity index (χ2v) is 1.91. The van der Waals surface area contributed by atoms with Crippen LogP contribution in [0.4, 0.5) is 0 Å². The normalized spacial score (nSPS) is 9.27. The molecule has 0 fully saturated rings. The average molecular weight is 174 g/mol. The molecule has 0 N–H and O–H groups in total. The van der Waals surface area contributed by atoms with E-state index in [9.17, 15) is 4.79 Å². The number of rotatable bonds is 2. The van der Waals surface area contributed by atoms with E-state index in [1.807, 2.05) is 0 Å². The Bertz CT molecular complexity index is 278. The highest BCUT2D eigenvalue weighted by Gasteiger charge is 2.02. The van der Waals surface area contributed by atoms with E-state index in [1.54, 1.807) is 0 Å². The highest BCUT2D eigenvalue weighted by Crippen LogP contribution is 2.05. The number of aromatic nitrogens is 3. The van der Waals surface area contributed by atoms with Crippen molar-refractivity contribution >= 4 is 17.9 Å². The van der Waals surface area contributed by atoms with Gasteiger partial charge in [-0.25, -0.2) is 0 Å². The monoisotopic (exact) mass is 173 g/mol. The Balaban J connectivity index is 3.11. The van der Waals surface area contributed by atoms with E-state index in [1.165, 1.54) is 7.11 Å². The molecule has 1 aromatic heterocycles. The molecule has 1 heterocycles. The first kappa shape index (κ1) is 7.87. The van der Waals surface area contributed by atoms with Gasteiger partial charge in [-0.05, 0) is 11.6 Å². The predicted molar refractivity (Wildman–Crippen MR) is 36.8 cm³/mol. The lowest BCUT2D eigenvalue weighted by Crippen LogP contribution is -1.99. The number of aldehydes is 1. The number of ether oxygens (including phenoxy) is 1. The van der Waals surface area contributed by atoms with Gasteiger partial charge >= 0.3 is 6.01 Å². The zero-order chi connectivity index (χ0) is 8.27. The Labute approximate surface area is 67.4 Å². The SMILES string of the molecule is COc1nc(Cl)nc(C=O)n1. The maximum absolute atomic E-state index is 10.2. The van der Waals surface area contributed by atoms with Crippen LogP contribution in [-0.4, -0.2) is 28.3 Å². The van der Waals surface area contributed by atoms with Gasteiger partial charge in [0, 0.05) is 0 Å². The molecule has 0 aliphatic carbocycles. The van der Waals surface area contributed by atoms with E-state index in [0.29, 0.717) is 6.29 Å². The van der Waals surface area contributed by atoms with E-state index >= 15 is 0 Å². The van der Waals surface area contributed by atoms with Gasteiger partial charge in [0.25, 0.3) is 0 Å². The first-order valence-corrected chi connectivity index (χ1v) is 3.05. The van der Waals surface area contributed by atoms with Gasteiger partial charge in [-0.1, -0.05) is 0 Å². The second kappa shape index (κ2) is 3.25. The number of carbonyl (C=O) groups excluding carboxylic acids is 1. The van der Waals surface area contributed by atoms with Crippen molar-refractivity contribution in [1.29, 1.82) is 0 Å². The summed E-state index contributed by atoms with van der Waals surface area (Å²) in [7, 11) is 1.38. The Morgan fingerprint density at radius 1 is 1.45 bits per heavy atom. The van der Waals surface area contributed by atoms with Gasteiger partial charge in [0.05, 0.1) is 7.11 Å². The van der Waals surface area contributed by atoms with Crippen LogP contribution < -0.4 is 4.74 Å². The summed E-state index contributed by atoms with van der Waals surface area (Å²) in [6, 6.07) is 0.0344. The molecule has 6 heteroatoms. The third kappa shape index (κ3) is 1.84. The molecule has 1 rings (SSSR count). The molecule has 58 valence electrons. The lowest BCUT2D eigenvalue weighted by Gasteiger charge is -1.96.